The molecule has 0 bridgehead atoms. The van der Waals surface area contributed by atoms with E-state index in [2.05, 4.69) is 5.32 Å². The van der Waals surface area contributed by atoms with E-state index in [-0.39, 0.29) is 18.4 Å². The molecule has 7 heteroatoms. The molecule has 146 valence electrons. The van der Waals surface area contributed by atoms with Crippen molar-refractivity contribution in [2.75, 3.05) is 23.9 Å². The van der Waals surface area contributed by atoms with Gasteiger partial charge in [-0.25, -0.2) is 4.79 Å². The molecule has 2 amide bonds. The van der Waals surface area contributed by atoms with Gasteiger partial charge in [0.25, 0.3) is 5.91 Å². The first-order valence-electron chi connectivity index (χ1n) is 8.93. The first kappa shape index (κ1) is 19.4. The number of anilines is 2. The van der Waals surface area contributed by atoms with Gasteiger partial charge in [0.1, 0.15) is 5.75 Å². The lowest BCUT2D eigenvalue weighted by Gasteiger charge is -2.27. The number of carbonyl (C=O) groups excluding carboxylic acids is 3. The van der Waals surface area contributed by atoms with Crippen molar-refractivity contribution in [3.05, 3.63) is 53.6 Å². The molecule has 0 unspecified atom stereocenters. The van der Waals surface area contributed by atoms with Crippen LogP contribution in [0, 0.1) is 6.92 Å². The highest BCUT2D eigenvalue weighted by atomic mass is 16.5. The van der Waals surface area contributed by atoms with E-state index in [1.54, 1.807) is 49.4 Å². The molecule has 2 aromatic rings. The Morgan fingerprint density at radius 3 is 2.71 bits per heavy atom. The van der Waals surface area contributed by atoms with E-state index in [0.717, 1.165) is 5.56 Å². The van der Waals surface area contributed by atoms with Gasteiger partial charge in [-0.2, -0.15) is 0 Å². The Hall–Kier alpha value is -3.35. The Bertz CT molecular complexity index is 925. The van der Waals surface area contributed by atoms with E-state index >= 15 is 0 Å². The second-order valence-electron chi connectivity index (χ2n) is 6.64. The summed E-state index contributed by atoms with van der Waals surface area (Å²) in [6, 6.07) is 11.6. The second-order valence-corrected chi connectivity index (χ2v) is 6.64. The standard InChI is InChI=1S/C21H22N2O5/c1-13-8-9-15(11-18(13)27-3)21(26)28-12-20(25)23-14(2)10-19(24)22-16-6-4-5-7-17(16)23/h4-9,11,14H,10,12H2,1-3H3,(H,22,24)/t14-/m0/s1. The SMILES string of the molecule is COc1cc(C(=O)OCC(=O)N2c3ccccc3NC(=O)C[C@@H]2C)ccc1C. The lowest BCUT2D eigenvalue weighted by Crippen LogP contribution is -2.41. The smallest absolute Gasteiger partial charge is 0.338 e. The topological polar surface area (TPSA) is 84.9 Å². The molecule has 1 aliphatic heterocycles. The summed E-state index contributed by atoms with van der Waals surface area (Å²) in [5, 5.41) is 2.79. The number of nitrogens with one attached hydrogen (secondary N) is 1. The average Bonchev–Trinajstić information content (AvgIpc) is 2.80. The van der Waals surface area contributed by atoms with Crippen LogP contribution in [0.1, 0.15) is 29.3 Å². The number of carbonyl (C=O) groups is 3. The summed E-state index contributed by atoms with van der Waals surface area (Å²) in [7, 11) is 1.52. The third-order valence-electron chi connectivity index (χ3n) is 4.60. The van der Waals surface area contributed by atoms with Crippen molar-refractivity contribution < 1.29 is 23.9 Å². The molecule has 1 atom stereocenters. The third kappa shape index (κ3) is 3.98. The summed E-state index contributed by atoms with van der Waals surface area (Å²) in [5.74, 6) is -0.611. The van der Waals surface area contributed by atoms with Gasteiger partial charge in [0.05, 0.1) is 24.0 Å². The van der Waals surface area contributed by atoms with Gasteiger partial charge in [0.2, 0.25) is 5.91 Å². The third-order valence-corrected chi connectivity index (χ3v) is 4.60. The number of amides is 2. The van der Waals surface area contributed by atoms with E-state index < -0.39 is 18.5 Å². The van der Waals surface area contributed by atoms with Crippen LogP contribution in [-0.4, -0.2) is 37.5 Å². The molecular formula is C21H22N2O5. The van der Waals surface area contributed by atoms with Crippen molar-refractivity contribution in [1.82, 2.24) is 0 Å². The van der Waals surface area contributed by atoms with Crippen molar-refractivity contribution in [2.45, 2.75) is 26.3 Å². The molecule has 0 saturated carbocycles. The highest BCUT2D eigenvalue weighted by Gasteiger charge is 2.30. The van der Waals surface area contributed by atoms with Gasteiger partial charge in [-0.3, -0.25) is 9.59 Å². The second kappa shape index (κ2) is 8.12. The molecule has 7 nitrogen and oxygen atoms in total. The number of hydrogen-bond donors (Lipinski definition) is 1. The maximum Gasteiger partial charge on any atom is 0.338 e. The van der Waals surface area contributed by atoms with Crippen molar-refractivity contribution in [3.8, 4) is 5.75 Å². The number of ether oxygens (including phenoxy) is 2. The van der Waals surface area contributed by atoms with E-state index in [1.807, 2.05) is 6.92 Å². The molecule has 2 aromatic carbocycles. The average molecular weight is 382 g/mol. The summed E-state index contributed by atoms with van der Waals surface area (Å²) in [4.78, 5) is 38.7. The van der Waals surface area contributed by atoms with Crippen LogP contribution in [0.15, 0.2) is 42.5 Å². The summed E-state index contributed by atoms with van der Waals surface area (Å²) in [6.45, 7) is 3.22. The minimum Gasteiger partial charge on any atom is -0.496 e. The quantitative estimate of drug-likeness (QED) is 0.822. The van der Waals surface area contributed by atoms with Crippen molar-refractivity contribution in [3.63, 3.8) is 0 Å². The van der Waals surface area contributed by atoms with Crippen LogP contribution in [0.25, 0.3) is 0 Å². The number of esters is 1. The van der Waals surface area contributed by atoms with E-state index in [1.165, 1.54) is 12.0 Å². The summed E-state index contributed by atoms with van der Waals surface area (Å²) in [5.41, 5.74) is 2.33. The summed E-state index contributed by atoms with van der Waals surface area (Å²) in [6.07, 6.45) is 0.156. The Kier molecular flexibility index (Phi) is 5.63. The highest BCUT2D eigenvalue weighted by molar-refractivity contribution is 6.05. The number of hydrogen-bond acceptors (Lipinski definition) is 5. The molecular weight excluding hydrogens is 360 g/mol. The van der Waals surface area contributed by atoms with Crippen LogP contribution < -0.4 is 15.0 Å². The Morgan fingerprint density at radius 1 is 1.21 bits per heavy atom. The van der Waals surface area contributed by atoms with Crippen LogP contribution in [0.4, 0.5) is 11.4 Å². The first-order valence-corrected chi connectivity index (χ1v) is 8.93. The Labute approximate surface area is 163 Å². The van der Waals surface area contributed by atoms with E-state index in [9.17, 15) is 14.4 Å². The normalized spacial score (nSPS) is 15.9. The molecule has 0 aliphatic carbocycles. The number of benzene rings is 2. The lowest BCUT2D eigenvalue weighted by molar-refractivity contribution is -0.122. The van der Waals surface area contributed by atoms with Gasteiger partial charge in [-0.15, -0.1) is 0 Å². The fraction of sp³-hybridized carbons (Fsp3) is 0.286. The maximum absolute atomic E-state index is 12.8. The Morgan fingerprint density at radius 2 is 1.96 bits per heavy atom. The largest absolute Gasteiger partial charge is 0.496 e. The molecule has 1 N–H and O–H groups in total. The van der Waals surface area contributed by atoms with Crippen LogP contribution in [0.3, 0.4) is 0 Å². The predicted molar refractivity (Wildman–Crippen MR) is 105 cm³/mol. The molecule has 1 heterocycles. The number of methoxy groups -OCH3 is 1. The van der Waals surface area contributed by atoms with Crippen LogP contribution in [-0.2, 0) is 14.3 Å². The number of rotatable bonds is 4. The fourth-order valence-corrected chi connectivity index (χ4v) is 3.19. The molecule has 0 saturated heterocycles. The number of nitrogens with zero attached hydrogens (tertiary/aromatic N) is 1. The zero-order valence-corrected chi connectivity index (χ0v) is 16.0. The molecule has 0 fully saturated rings. The van der Waals surface area contributed by atoms with Crippen LogP contribution in [0.5, 0.6) is 5.75 Å². The maximum atomic E-state index is 12.8. The van der Waals surface area contributed by atoms with Gasteiger partial charge < -0.3 is 19.7 Å². The first-order chi connectivity index (χ1) is 13.4. The van der Waals surface area contributed by atoms with Gasteiger partial charge in [-0.05, 0) is 43.7 Å². The van der Waals surface area contributed by atoms with Gasteiger partial charge in [0.15, 0.2) is 6.61 Å². The highest BCUT2D eigenvalue weighted by Crippen LogP contribution is 2.31. The van der Waals surface area contributed by atoms with E-state index in [4.69, 9.17) is 9.47 Å². The van der Waals surface area contributed by atoms with Gasteiger partial charge in [-0.1, -0.05) is 18.2 Å². The van der Waals surface area contributed by atoms with Crippen molar-refractivity contribution in [2.24, 2.45) is 0 Å². The molecule has 28 heavy (non-hydrogen) atoms. The number of aryl methyl sites for hydroxylation is 1. The molecule has 1 aliphatic rings. The molecule has 0 aromatic heterocycles. The van der Waals surface area contributed by atoms with Crippen molar-refractivity contribution >= 4 is 29.2 Å². The predicted octanol–water partition coefficient (Wildman–Crippen LogP) is 2.92. The number of para-hydroxylation sites is 2. The van der Waals surface area contributed by atoms with E-state index in [0.29, 0.717) is 22.7 Å². The molecule has 0 spiro atoms. The fourth-order valence-electron chi connectivity index (χ4n) is 3.19. The minimum absolute atomic E-state index is 0.156. The van der Waals surface area contributed by atoms with Gasteiger partial charge in [0, 0.05) is 12.5 Å². The zero-order valence-electron chi connectivity index (χ0n) is 16.0. The zero-order chi connectivity index (χ0) is 20.3. The van der Waals surface area contributed by atoms with Crippen LogP contribution in [0.2, 0.25) is 0 Å². The number of fused-ring (bicyclic) bond motifs is 1. The molecule has 0 radical (unpaired) electrons. The summed E-state index contributed by atoms with van der Waals surface area (Å²) >= 11 is 0. The van der Waals surface area contributed by atoms with Crippen molar-refractivity contribution in [1.29, 1.82) is 0 Å². The Balaban J connectivity index is 1.75. The minimum atomic E-state index is -0.614. The lowest BCUT2D eigenvalue weighted by atomic mass is 10.1. The summed E-state index contributed by atoms with van der Waals surface area (Å²) < 4.78 is 10.4. The molecule has 3 rings (SSSR count). The monoisotopic (exact) mass is 382 g/mol. The van der Waals surface area contributed by atoms with Crippen LogP contribution >= 0.6 is 0 Å². The van der Waals surface area contributed by atoms with Gasteiger partial charge >= 0.3 is 5.97 Å².